The van der Waals surface area contributed by atoms with E-state index in [1.54, 1.807) is 0 Å². The Kier molecular flexibility index (Phi) is 7.96. The molecule has 0 bridgehead atoms. The minimum atomic E-state index is 0.0120. The molecule has 5 heteroatoms. The van der Waals surface area contributed by atoms with Crippen molar-refractivity contribution in [3.05, 3.63) is 60.2 Å². The smallest absolute Gasteiger partial charge is 0.223 e. The predicted octanol–water partition coefficient (Wildman–Crippen LogP) is 3.67. The van der Waals surface area contributed by atoms with Gasteiger partial charge in [-0.1, -0.05) is 54.6 Å². The summed E-state index contributed by atoms with van der Waals surface area (Å²) in [5.41, 5.74) is 8.34. The maximum Gasteiger partial charge on any atom is 0.223 e. The van der Waals surface area contributed by atoms with Gasteiger partial charge in [-0.05, 0) is 36.9 Å². The van der Waals surface area contributed by atoms with Crippen molar-refractivity contribution in [1.29, 1.82) is 0 Å². The second-order valence-corrected chi connectivity index (χ2v) is 7.46. The summed E-state index contributed by atoms with van der Waals surface area (Å²) in [6, 6.07) is 17.7. The molecule has 3 rings (SSSR count). The fourth-order valence-electron chi connectivity index (χ4n) is 3.61. The lowest BCUT2D eigenvalue weighted by atomic mass is 10.0. The molecule has 1 fully saturated rings. The van der Waals surface area contributed by atoms with Crippen molar-refractivity contribution in [3.8, 4) is 11.1 Å². The number of ketones is 1. The molecule has 0 saturated carbocycles. The number of rotatable bonds is 9. The number of piperidine rings is 1. The fraction of sp³-hybridized carbons (Fsp3) is 0.417. The van der Waals surface area contributed by atoms with E-state index in [4.69, 9.17) is 10.5 Å². The van der Waals surface area contributed by atoms with Crippen LogP contribution >= 0.6 is 0 Å². The number of nitrogens with two attached hydrogens (primary N) is 1. The van der Waals surface area contributed by atoms with E-state index < -0.39 is 0 Å². The number of hydrogen-bond donors (Lipinski definition) is 1. The predicted molar refractivity (Wildman–Crippen MR) is 115 cm³/mol. The molecule has 1 saturated heterocycles. The summed E-state index contributed by atoms with van der Waals surface area (Å²) in [6.45, 7) is 2.73. The summed E-state index contributed by atoms with van der Waals surface area (Å²) in [5, 5.41) is 0. The van der Waals surface area contributed by atoms with Crippen molar-refractivity contribution in [2.45, 2.75) is 38.2 Å². The Balaban J connectivity index is 1.43. The van der Waals surface area contributed by atoms with Gasteiger partial charge in [0.2, 0.25) is 5.91 Å². The highest BCUT2D eigenvalue weighted by Gasteiger charge is 2.23. The summed E-state index contributed by atoms with van der Waals surface area (Å²) >= 11 is 0. The Hall–Kier alpha value is -2.50. The van der Waals surface area contributed by atoms with Gasteiger partial charge in [0.25, 0.3) is 0 Å². The van der Waals surface area contributed by atoms with Crippen molar-refractivity contribution < 1.29 is 14.3 Å². The Labute approximate surface area is 172 Å². The molecule has 0 radical (unpaired) electrons. The number of carbonyl (C=O) groups is 2. The number of carbonyl (C=O) groups excluding carboxylic acids is 2. The standard InChI is InChI=1S/C24H30N2O3/c25-15-4-18-29-22-13-16-26(17-14-22)24(28)12-11-23(27)21-9-7-20(8-10-21)19-5-2-1-3-6-19/h1-3,5-10,22H,4,11-18,25H2. The molecule has 154 valence electrons. The third-order valence-electron chi connectivity index (χ3n) is 5.38. The largest absolute Gasteiger partial charge is 0.378 e. The van der Waals surface area contributed by atoms with E-state index >= 15 is 0 Å². The highest BCUT2D eigenvalue weighted by molar-refractivity contribution is 5.98. The first-order valence-electron chi connectivity index (χ1n) is 10.5. The number of benzene rings is 2. The molecule has 2 aromatic carbocycles. The van der Waals surface area contributed by atoms with Gasteiger partial charge in [-0.25, -0.2) is 0 Å². The summed E-state index contributed by atoms with van der Waals surface area (Å²) < 4.78 is 5.78. The average molecular weight is 395 g/mol. The van der Waals surface area contributed by atoms with E-state index in [-0.39, 0.29) is 30.6 Å². The molecule has 0 spiro atoms. The van der Waals surface area contributed by atoms with Crippen LogP contribution in [0.3, 0.4) is 0 Å². The van der Waals surface area contributed by atoms with Gasteiger partial charge < -0.3 is 15.4 Å². The Bertz CT molecular complexity index is 782. The SMILES string of the molecule is NCCCOC1CCN(C(=O)CCC(=O)c2ccc(-c3ccccc3)cc2)CC1. The molecule has 2 aromatic rings. The monoisotopic (exact) mass is 394 g/mol. The average Bonchev–Trinajstić information content (AvgIpc) is 2.78. The lowest BCUT2D eigenvalue weighted by Crippen LogP contribution is -2.41. The zero-order chi connectivity index (χ0) is 20.5. The van der Waals surface area contributed by atoms with E-state index in [9.17, 15) is 9.59 Å². The molecule has 5 nitrogen and oxygen atoms in total. The Morgan fingerprint density at radius 2 is 1.59 bits per heavy atom. The minimum absolute atomic E-state index is 0.0120. The lowest BCUT2D eigenvalue weighted by molar-refractivity contribution is -0.133. The van der Waals surface area contributed by atoms with Gasteiger partial charge in [0.05, 0.1) is 6.10 Å². The Morgan fingerprint density at radius 3 is 2.24 bits per heavy atom. The van der Waals surface area contributed by atoms with Gasteiger partial charge in [-0.2, -0.15) is 0 Å². The summed E-state index contributed by atoms with van der Waals surface area (Å²) in [6.07, 6.45) is 3.30. The van der Waals surface area contributed by atoms with E-state index in [2.05, 4.69) is 0 Å². The van der Waals surface area contributed by atoms with Crippen LogP contribution in [-0.4, -0.2) is 48.9 Å². The normalized spacial score (nSPS) is 14.7. The molecular formula is C24H30N2O3. The van der Waals surface area contributed by atoms with Crippen LogP contribution < -0.4 is 5.73 Å². The summed E-state index contributed by atoms with van der Waals surface area (Å²) in [7, 11) is 0. The molecule has 1 amide bonds. The highest BCUT2D eigenvalue weighted by Crippen LogP contribution is 2.20. The maximum absolute atomic E-state index is 12.5. The fourth-order valence-corrected chi connectivity index (χ4v) is 3.61. The van der Waals surface area contributed by atoms with Crippen molar-refractivity contribution in [1.82, 2.24) is 4.90 Å². The third kappa shape index (κ3) is 6.24. The molecule has 0 atom stereocenters. The van der Waals surface area contributed by atoms with Crippen LogP contribution in [0.15, 0.2) is 54.6 Å². The van der Waals surface area contributed by atoms with Gasteiger partial charge in [0.15, 0.2) is 5.78 Å². The molecule has 0 aliphatic carbocycles. The summed E-state index contributed by atoms with van der Waals surface area (Å²) in [4.78, 5) is 26.8. The quantitative estimate of drug-likeness (QED) is 0.520. The van der Waals surface area contributed by atoms with E-state index in [0.29, 0.717) is 31.8 Å². The minimum Gasteiger partial charge on any atom is -0.378 e. The molecule has 1 aliphatic heterocycles. The zero-order valence-electron chi connectivity index (χ0n) is 16.9. The number of Topliss-reactive ketones (excluding diaryl/α,β-unsaturated/α-hetero) is 1. The van der Waals surface area contributed by atoms with Gasteiger partial charge in [0, 0.05) is 38.1 Å². The zero-order valence-corrected chi connectivity index (χ0v) is 16.9. The molecule has 0 aromatic heterocycles. The first-order chi connectivity index (χ1) is 14.2. The summed E-state index contributed by atoms with van der Waals surface area (Å²) in [5.74, 6) is 0.0672. The van der Waals surface area contributed by atoms with E-state index in [0.717, 1.165) is 30.4 Å². The van der Waals surface area contributed by atoms with Crippen LogP contribution in [0.2, 0.25) is 0 Å². The van der Waals surface area contributed by atoms with Crippen molar-refractivity contribution >= 4 is 11.7 Å². The molecule has 1 aliphatic rings. The van der Waals surface area contributed by atoms with Gasteiger partial charge in [0.1, 0.15) is 0 Å². The van der Waals surface area contributed by atoms with Crippen LogP contribution in [0.1, 0.15) is 42.5 Å². The van der Waals surface area contributed by atoms with E-state index in [1.165, 1.54) is 0 Å². The molecule has 1 heterocycles. The Morgan fingerprint density at radius 1 is 0.931 bits per heavy atom. The van der Waals surface area contributed by atoms with Crippen LogP contribution in [0, 0.1) is 0 Å². The number of amides is 1. The van der Waals surface area contributed by atoms with Crippen molar-refractivity contribution in [2.24, 2.45) is 5.73 Å². The van der Waals surface area contributed by atoms with Gasteiger partial charge in [-0.3, -0.25) is 9.59 Å². The molecule has 2 N–H and O–H groups in total. The number of hydrogen-bond acceptors (Lipinski definition) is 4. The second-order valence-electron chi connectivity index (χ2n) is 7.46. The van der Waals surface area contributed by atoms with Crippen LogP contribution in [0.4, 0.5) is 0 Å². The van der Waals surface area contributed by atoms with Crippen LogP contribution in [0.25, 0.3) is 11.1 Å². The van der Waals surface area contributed by atoms with Gasteiger partial charge >= 0.3 is 0 Å². The van der Waals surface area contributed by atoms with Crippen molar-refractivity contribution in [3.63, 3.8) is 0 Å². The van der Waals surface area contributed by atoms with Crippen LogP contribution in [0.5, 0.6) is 0 Å². The first-order valence-corrected chi connectivity index (χ1v) is 10.5. The van der Waals surface area contributed by atoms with E-state index in [1.807, 2.05) is 59.5 Å². The highest BCUT2D eigenvalue weighted by atomic mass is 16.5. The van der Waals surface area contributed by atoms with Gasteiger partial charge in [-0.15, -0.1) is 0 Å². The molecule has 0 unspecified atom stereocenters. The lowest BCUT2D eigenvalue weighted by Gasteiger charge is -2.32. The molecule has 29 heavy (non-hydrogen) atoms. The van der Waals surface area contributed by atoms with Crippen molar-refractivity contribution in [2.75, 3.05) is 26.2 Å². The topological polar surface area (TPSA) is 72.6 Å². The first kappa shape index (κ1) is 21.2. The maximum atomic E-state index is 12.5. The molecular weight excluding hydrogens is 364 g/mol. The second kappa shape index (κ2) is 10.9. The number of nitrogens with zero attached hydrogens (tertiary/aromatic N) is 1. The number of likely N-dealkylation sites (tertiary alicyclic amines) is 1. The third-order valence-corrected chi connectivity index (χ3v) is 5.38. The van der Waals surface area contributed by atoms with Crippen LogP contribution in [-0.2, 0) is 9.53 Å². The number of ether oxygens (including phenoxy) is 1.